The highest BCUT2D eigenvalue weighted by molar-refractivity contribution is 8.02. The zero-order valence-corrected chi connectivity index (χ0v) is 8.78. The van der Waals surface area contributed by atoms with Gasteiger partial charge < -0.3 is 5.32 Å². The van der Waals surface area contributed by atoms with Gasteiger partial charge in [0.2, 0.25) is 5.91 Å². The quantitative estimate of drug-likeness (QED) is 0.705. The summed E-state index contributed by atoms with van der Waals surface area (Å²) in [4.78, 5) is 12.9. The Morgan fingerprint density at radius 2 is 2.21 bits per heavy atom. The second-order valence-corrected chi connectivity index (χ2v) is 5.48. The van der Waals surface area contributed by atoms with Crippen molar-refractivity contribution in [2.24, 2.45) is 0 Å². The molecule has 0 radical (unpaired) electrons. The molecule has 2 nitrogen and oxygen atoms in total. The number of fused-ring (bicyclic) bond motifs is 1. The average Bonchev–Trinajstić information content (AvgIpc) is 2.89. The SMILES string of the molecule is Cc1ccc2c(c1)SC1(CC1)C(=O)N2. The van der Waals surface area contributed by atoms with E-state index in [2.05, 4.69) is 18.3 Å². The van der Waals surface area contributed by atoms with E-state index < -0.39 is 0 Å². The van der Waals surface area contributed by atoms with Crippen molar-refractivity contribution < 1.29 is 4.79 Å². The van der Waals surface area contributed by atoms with Crippen LogP contribution in [-0.4, -0.2) is 10.7 Å². The summed E-state index contributed by atoms with van der Waals surface area (Å²) in [6.45, 7) is 2.08. The summed E-state index contributed by atoms with van der Waals surface area (Å²) in [7, 11) is 0. The minimum absolute atomic E-state index is 0.110. The van der Waals surface area contributed by atoms with Crippen molar-refractivity contribution in [3.63, 3.8) is 0 Å². The van der Waals surface area contributed by atoms with Gasteiger partial charge in [0, 0.05) is 4.90 Å². The van der Waals surface area contributed by atoms with E-state index in [0.29, 0.717) is 0 Å². The van der Waals surface area contributed by atoms with E-state index in [0.717, 1.165) is 18.5 Å². The lowest BCUT2D eigenvalue weighted by Crippen LogP contribution is -2.30. The molecule has 1 aliphatic carbocycles. The summed E-state index contributed by atoms with van der Waals surface area (Å²) in [6.07, 6.45) is 2.05. The molecule has 0 unspecified atom stereocenters. The van der Waals surface area contributed by atoms with Crippen molar-refractivity contribution in [2.45, 2.75) is 29.4 Å². The van der Waals surface area contributed by atoms with E-state index in [1.54, 1.807) is 11.8 Å². The van der Waals surface area contributed by atoms with Gasteiger partial charge in [0.25, 0.3) is 0 Å². The van der Waals surface area contributed by atoms with E-state index in [1.165, 1.54) is 10.5 Å². The summed E-state index contributed by atoms with van der Waals surface area (Å²) < 4.78 is -0.110. The fraction of sp³-hybridized carbons (Fsp3) is 0.364. The summed E-state index contributed by atoms with van der Waals surface area (Å²) in [5.74, 6) is 0.193. The lowest BCUT2D eigenvalue weighted by Gasteiger charge is -2.23. The van der Waals surface area contributed by atoms with E-state index in [4.69, 9.17) is 0 Å². The van der Waals surface area contributed by atoms with Gasteiger partial charge in [-0.15, -0.1) is 11.8 Å². The van der Waals surface area contributed by atoms with Gasteiger partial charge in [-0.3, -0.25) is 4.79 Å². The molecule has 1 spiro atoms. The van der Waals surface area contributed by atoms with E-state index >= 15 is 0 Å². The number of hydrogen-bond donors (Lipinski definition) is 1. The molecule has 14 heavy (non-hydrogen) atoms. The van der Waals surface area contributed by atoms with Gasteiger partial charge in [-0.1, -0.05) is 6.07 Å². The lowest BCUT2D eigenvalue weighted by atomic mass is 10.2. The number of carbonyl (C=O) groups is 1. The predicted molar refractivity (Wildman–Crippen MR) is 57.6 cm³/mol. The van der Waals surface area contributed by atoms with Crippen LogP contribution < -0.4 is 5.32 Å². The van der Waals surface area contributed by atoms with Crippen LogP contribution >= 0.6 is 11.8 Å². The van der Waals surface area contributed by atoms with E-state index in [1.807, 2.05) is 12.1 Å². The van der Waals surface area contributed by atoms with Crippen molar-refractivity contribution in [3.05, 3.63) is 23.8 Å². The van der Waals surface area contributed by atoms with Crippen LogP contribution in [0.3, 0.4) is 0 Å². The Morgan fingerprint density at radius 3 is 2.93 bits per heavy atom. The van der Waals surface area contributed by atoms with Crippen LogP contribution in [0, 0.1) is 6.92 Å². The van der Waals surface area contributed by atoms with Crippen LogP contribution in [0.1, 0.15) is 18.4 Å². The van der Waals surface area contributed by atoms with Crippen LogP contribution in [-0.2, 0) is 4.79 Å². The maximum Gasteiger partial charge on any atom is 0.241 e. The molecule has 0 saturated heterocycles. The Hall–Kier alpha value is -0.960. The van der Waals surface area contributed by atoms with Crippen molar-refractivity contribution in [1.82, 2.24) is 0 Å². The number of carbonyl (C=O) groups excluding carboxylic acids is 1. The molecule has 1 amide bonds. The van der Waals surface area contributed by atoms with Gasteiger partial charge in [-0.05, 0) is 37.5 Å². The first-order valence-electron chi connectivity index (χ1n) is 4.81. The first-order valence-corrected chi connectivity index (χ1v) is 5.62. The van der Waals surface area contributed by atoms with Crippen molar-refractivity contribution >= 4 is 23.4 Å². The Balaban J connectivity index is 2.07. The van der Waals surface area contributed by atoms with Crippen molar-refractivity contribution in [3.8, 4) is 0 Å². The largest absolute Gasteiger partial charge is 0.324 e. The third kappa shape index (κ3) is 1.08. The molecular weight excluding hydrogens is 194 g/mol. The Kier molecular flexibility index (Phi) is 1.52. The highest BCUT2D eigenvalue weighted by Gasteiger charge is 2.53. The van der Waals surface area contributed by atoms with Crippen LogP contribution in [0.4, 0.5) is 5.69 Å². The summed E-state index contributed by atoms with van der Waals surface area (Å²) in [6, 6.07) is 6.18. The fourth-order valence-corrected chi connectivity index (χ4v) is 3.10. The molecule has 1 aromatic rings. The molecule has 1 saturated carbocycles. The van der Waals surface area contributed by atoms with Crippen LogP contribution in [0.2, 0.25) is 0 Å². The van der Waals surface area contributed by atoms with Crippen molar-refractivity contribution in [2.75, 3.05) is 5.32 Å². The molecule has 3 heteroatoms. The highest BCUT2D eigenvalue weighted by Crippen LogP contribution is 2.56. The van der Waals surface area contributed by atoms with Gasteiger partial charge in [0.05, 0.1) is 10.4 Å². The zero-order valence-electron chi connectivity index (χ0n) is 7.96. The molecule has 0 atom stereocenters. The molecule has 1 N–H and O–H groups in total. The number of thioether (sulfide) groups is 1. The molecule has 2 aliphatic rings. The predicted octanol–water partition coefficient (Wildman–Crippen LogP) is 2.57. The molecule has 1 aliphatic heterocycles. The Morgan fingerprint density at radius 1 is 1.43 bits per heavy atom. The second-order valence-electron chi connectivity index (χ2n) is 4.05. The number of aryl methyl sites for hydroxylation is 1. The van der Waals surface area contributed by atoms with Gasteiger partial charge in [0.1, 0.15) is 0 Å². The first kappa shape index (κ1) is 8.36. The Bertz CT molecular complexity index is 423. The molecule has 0 bridgehead atoms. The Labute approximate surface area is 87.1 Å². The average molecular weight is 205 g/mol. The normalized spacial score (nSPS) is 21.6. The number of hydrogen-bond acceptors (Lipinski definition) is 2. The monoisotopic (exact) mass is 205 g/mol. The summed E-state index contributed by atoms with van der Waals surface area (Å²) in [5.41, 5.74) is 2.23. The third-order valence-electron chi connectivity index (χ3n) is 2.81. The number of anilines is 1. The van der Waals surface area contributed by atoms with E-state index in [-0.39, 0.29) is 10.7 Å². The second kappa shape index (κ2) is 2.54. The third-order valence-corrected chi connectivity index (χ3v) is 4.35. The van der Waals surface area contributed by atoms with Gasteiger partial charge in [0.15, 0.2) is 0 Å². The minimum atomic E-state index is -0.110. The number of nitrogens with one attached hydrogen (secondary N) is 1. The number of rotatable bonds is 0. The smallest absolute Gasteiger partial charge is 0.241 e. The number of benzene rings is 1. The molecular formula is C11H11NOS. The maximum atomic E-state index is 11.7. The molecule has 1 aromatic carbocycles. The fourth-order valence-electron chi connectivity index (χ4n) is 1.75. The lowest BCUT2D eigenvalue weighted by molar-refractivity contribution is -0.116. The van der Waals surface area contributed by atoms with E-state index in [9.17, 15) is 4.79 Å². The van der Waals surface area contributed by atoms with Crippen LogP contribution in [0.25, 0.3) is 0 Å². The molecule has 72 valence electrons. The summed E-state index contributed by atoms with van der Waals surface area (Å²) >= 11 is 1.74. The zero-order chi connectivity index (χ0) is 9.76. The standard InChI is InChI=1S/C11H11NOS/c1-7-2-3-8-9(6-7)14-11(4-5-11)10(13)12-8/h2-3,6H,4-5H2,1H3,(H,12,13). The van der Waals surface area contributed by atoms with Crippen LogP contribution in [0.5, 0.6) is 0 Å². The van der Waals surface area contributed by atoms with Crippen LogP contribution in [0.15, 0.2) is 23.1 Å². The topological polar surface area (TPSA) is 29.1 Å². The molecule has 0 aromatic heterocycles. The first-order chi connectivity index (χ1) is 6.70. The molecule has 1 heterocycles. The highest BCUT2D eigenvalue weighted by atomic mass is 32.2. The van der Waals surface area contributed by atoms with Gasteiger partial charge >= 0.3 is 0 Å². The molecule has 3 rings (SSSR count). The molecule has 1 fully saturated rings. The summed E-state index contributed by atoms with van der Waals surface area (Å²) in [5, 5.41) is 2.98. The van der Waals surface area contributed by atoms with Gasteiger partial charge in [-0.2, -0.15) is 0 Å². The minimum Gasteiger partial charge on any atom is -0.324 e. The number of amides is 1. The van der Waals surface area contributed by atoms with Crippen molar-refractivity contribution in [1.29, 1.82) is 0 Å². The van der Waals surface area contributed by atoms with Gasteiger partial charge in [-0.25, -0.2) is 0 Å². The maximum absolute atomic E-state index is 11.7.